The zero-order chi connectivity index (χ0) is 13.9. The first-order chi connectivity index (χ1) is 9.22. The summed E-state index contributed by atoms with van der Waals surface area (Å²) in [6, 6.07) is 9.32. The molecular weight excluding hydrogens is 242 g/mol. The van der Waals surface area contributed by atoms with E-state index in [9.17, 15) is 9.59 Å². The number of carbonyl (C=O) groups is 2. The molecule has 0 spiro atoms. The van der Waals surface area contributed by atoms with E-state index in [1.807, 2.05) is 30.3 Å². The lowest BCUT2D eigenvalue weighted by atomic mass is 10.2. The van der Waals surface area contributed by atoms with Gasteiger partial charge in [0.2, 0.25) is 0 Å². The standard InChI is InChI=1S/C15H21NO3/c1-2-3-7-10-16-14(17)12-19-15(18)11-13-8-5-4-6-9-13/h4-6,8-9H,2-3,7,10-12H2,1H3,(H,16,17). The van der Waals surface area contributed by atoms with Crippen molar-refractivity contribution in [3.8, 4) is 0 Å². The maximum atomic E-state index is 11.5. The highest BCUT2D eigenvalue weighted by molar-refractivity contribution is 5.81. The van der Waals surface area contributed by atoms with Crippen LogP contribution in [0.15, 0.2) is 30.3 Å². The molecule has 1 aromatic carbocycles. The number of esters is 1. The first kappa shape index (κ1) is 15.2. The summed E-state index contributed by atoms with van der Waals surface area (Å²) in [5, 5.41) is 2.72. The van der Waals surface area contributed by atoms with Crippen LogP contribution in [0.2, 0.25) is 0 Å². The predicted octanol–water partition coefficient (Wildman–Crippen LogP) is 2.08. The molecule has 0 aliphatic carbocycles. The molecule has 0 saturated heterocycles. The second kappa shape index (κ2) is 9.14. The van der Waals surface area contributed by atoms with Gasteiger partial charge in [0.15, 0.2) is 6.61 Å². The fraction of sp³-hybridized carbons (Fsp3) is 0.467. The molecule has 19 heavy (non-hydrogen) atoms. The monoisotopic (exact) mass is 263 g/mol. The van der Waals surface area contributed by atoms with Crippen LogP contribution in [0.1, 0.15) is 31.7 Å². The molecule has 0 radical (unpaired) electrons. The molecule has 0 fully saturated rings. The molecule has 0 heterocycles. The van der Waals surface area contributed by atoms with Gasteiger partial charge in [-0.25, -0.2) is 0 Å². The third kappa shape index (κ3) is 7.24. The Labute approximate surface area is 114 Å². The van der Waals surface area contributed by atoms with E-state index in [1.54, 1.807) is 0 Å². The van der Waals surface area contributed by atoms with Gasteiger partial charge in [0.25, 0.3) is 5.91 Å². The maximum absolute atomic E-state index is 11.5. The van der Waals surface area contributed by atoms with Crippen molar-refractivity contribution >= 4 is 11.9 Å². The molecule has 0 aliphatic rings. The number of ether oxygens (including phenoxy) is 1. The van der Waals surface area contributed by atoms with E-state index in [4.69, 9.17) is 4.74 Å². The average Bonchev–Trinajstić information content (AvgIpc) is 2.42. The number of carbonyl (C=O) groups excluding carboxylic acids is 2. The molecule has 1 amide bonds. The first-order valence-electron chi connectivity index (χ1n) is 6.68. The summed E-state index contributed by atoms with van der Waals surface area (Å²) in [6.45, 7) is 2.55. The van der Waals surface area contributed by atoms with Gasteiger partial charge < -0.3 is 10.1 Å². The normalized spacial score (nSPS) is 9.95. The summed E-state index contributed by atoms with van der Waals surface area (Å²) in [5.41, 5.74) is 0.885. The van der Waals surface area contributed by atoms with Crippen molar-refractivity contribution in [2.45, 2.75) is 32.6 Å². The Morgan fingerprint density at radius 2 is 1.89 bits per heavy atom. The molecule has 104 valence electrons. The highest BCUT2D eigenvalue weighted by Gasteiger charge is 2.07. The molecule has 0 bridgehead atoms. The van der Waals surface area contributed by atoms with Gasteiger partial charge in [-0.2, -0.15) is 0 Å². The van der Waals surface area contributed by atoms with Gasteiger partial charge >= 0.3 is 5.97 Å². The van der Waals surface area contributed by atoms with Crippen molar-refractivity contribution in [2.75, 3.05) is 13.2 Å². The van der Waals surface area contributed by atoms with Gasteiger partial charge in [-0.3, -0.25) is 9.59 Å². The Hall–Kier alpha value is -1.84. The van der Waals surface area contributed by atoms with E-state index in [1.165, 1.54) is 0 Å². The van der Waals surface area contributed by atoms with Gasteiger partial charge in [0.05, 0.1) is 6.42 Å². The van der Waals surface area contributed by atoms with Gasteiger partial charge in [0.1, 0.15) is 0 Å². The number of rotatable bonds is 8. The van der Waals surface area contributed by atoms with Gasteiger partial charge in [-0.1, -0.05) is 50.1 Å². The molecule has 0 saturated carbocycles. The minimum Gasteiger partial charge on any atom is -0.455 e. The SMILES string of the molecule is CCCCCNC(=O)COC(=O)Cc1ccccc1. The molecule has 0 atom stereocenters. The molecule has 1 aromatic rings. The topological polar surface area (TPSA) is 55.4 Å². The van der Waals surface area contributed by atoms with Crippen LogP contribution in [-0.2, 0) is 20.7 Å². The van der Waals surface area contributed by atoms with E-state index in [-0.39, 0.29) is 24.9 Å². The summed E-state index contributed by atoms with van der Waals surface area (Å²) in [4.78, 5) is 22.9. The van der Waals surface area contributed by atoms with E-state index in [0.29, 0.717) is 6.54 Å². The van der Waals surface area contributed by atoms with Crippen molar-refractivity contribution in [1.29, 1.82) is 0 Å². The minimum absolute atomic E-state index is 0.197. The largest absolute Gasteiger partial charge is 0.455 e. The molecule has 0 unspecified atom stereocenters. The zero-order valence-electron chi connectivity index (χ0n) is 11.4. The summed E-state index contributed by atoms with van der Waals surface area (Å²) in [6.07, 6.45) is 3.36. The van der Waals surface area contributed by atoms with Crippen molar-refractivity contribution < 1.29 is 14.3 Å². The Balaban J connectivity index is 2.14. The van der Waals surface area contributed by atoms with Gasteiger partial charge in [0, 0.05) is 6.54 Å². The lowest BCUT2D eigenvalue weighted by molar-refractivity contribution is -0.147. The average molecular weight is 263 g/mol. The summed E-state index contributed by atoms with van der Waals surface area (Å²) >= 11 is 0. The van der Waals surface area contributed by atoms with E-state index < -0.39 is 0 Å². The Bertz CT molecular complexity index is 390. The lowest BCUT2D eigenvalue weighted by Crippen LogP contribution is -2.29. The van der Waals surface area contributed by atoms with Crippen LogP contribution in [0.25, 0.3) is 0 Å². The fourth-order valence-corrected chi connectivity index (χ4v) is 1.61. The number of benzene rings is 1. The summed E-state index contributed by atoms with van der Waals surface area (Å²) in [5.74, 6) is -0.618. The third-order valence-electron chi connectivity index (χ3n) is 2.66. The fourth-order valence-electron chi connectivity index (χ4n) is 1.61. The lowest BCUT2D eigenvalue weighted by Gasteiger charge is -2.06. The zero-order valence-corrected chi connectivity index (χ0v) is 11.4. The molecule has 4 heteroatoms. The number of hydrogen-bond acceptors (Lipinski definition) is 3. The predicted molar refractivity (Wildman–Crippen MR) is 73.6 cm³/mol. The molecule has 1 rings (SSSR count). The van der Waals surface area contributed by atoms with E-state index in [2.05, 4.69) is 12.2 Å². The van der Waals surface area contributed by atoms with Crippen LogP contribution in [0.4, 0.5) is 0 Å². The highest BCUT2D eigenvalue weighted by atomic mass is 16.5. The smallest absolute Gasteiger partial charge is 0.310 e. The van der Waals surface area contributed by atoms with E-state index >= 15 is 0 Å². The highest BCUT2D eigenvalue weighted by Crippen LogP contribution is 2.00. The minimum atomic E-state index is -0.380. The maximum Gasteiger partial charge on any atom is 0.310 e. The number of hydrogen-bond donors (Lipinski definition) is 1. The molecular formula is C15H21NO3. The van der Waals surface area contributed by atoms with Crippen LogP contribution in [0, 0.1) is 0 Å². The van der Waals surface area contributed by atoms with Crippen LogP contribution in [-0.4, -0.2) is 25.0 Å². The Kier molecular flexibility index (Phi) is 7.32. The second-order valence-corrected chi connectivity index (χ2v) is 4.38. The number of nitrogens with one attached hydrogen (secondary N) is 1. The van der Waals surface area contributed by atoms with Crippen LogP contribution in [0.5, 0.6) is 0 Å². The van der Waals surface area contributed by atoms with Gasteiger partial charge in [-0.05, 0) is 12.0 Å². The molecule has 4 nitrogen and oxygen atoms in total. The first-order valence-corrected chi connectivity index (χ1v) is 6.68. The Morgan fingerprint density at radius 1 is 1.16 bits per heavy atom. The van der Waals surface area contributed by atoms with Crippen molar-refractivity contribution in [3.05, 3.63) is 35.9 Å². The summed E-state index contributed by atoms with van der Waals surface area (Å²) < 4.78 is 4.91. The molecule has 0 aliphatic heterocycles. The number of amides is 1. The van der Waals surface area contributed by atoms with Gasteiger partial charge in [-0.15, -0.1) is 0 Å². The number of unbranched alkanes of at least 4 members (excludes halogenated alkanes) is 2. The van der Waals surface area contributed by atoms with E-state index in [0.717, 1.165) is 24.8 Å². The van der Waals surface area contributed by atoms with Crippen molar-refractivity contribution in [2.24, 2.45) is 0 Å². The second-order valence-electron chi connectivity index (χ2n) is 4.38. The van der Waals surface area contributed by atoms with Crippen LogP contribution < -0.4 is 5.32 Å². The Morgan fingerprint density at radius 3 is 2.58 bits per heavy atom. The van der Waals surface area contributed by atoms with Crippen molar-refractivity contribution in [1.82, 2.24) is 5.32 Å². The van der Waals surface area contributed by atoms with Crippen LogP contribution >= 0.6 is 0 Å². The van der Waals surface area contributed by atoms with Crippen molar-refractivity contribution in [3.63, 3.8) is 0 Å². The molecule has 0 aromatic heterocycles. The molecule has 1 N–H and O–H groups in total. The van der Waals surface area contributed by atoms with Crippen LogP contribution in [0.3, 0.4) is 0 Å². The quantitative estimate of drug-likeness (QED) is 0.577. The summed E-state index contributed by atoms with van der Waals surface area (Å²) in [7, 11) is 0. The third-order valence-corrected chi connectivity index (χ3v) is 2.66.